The van der Waals surface area contributed by atoms with E-state index < -0.39 is 29.6 Å². The van der Waals surface area contributed by atoms with Gasteiger partial charge in [-0.3, -0.25) is 4.79 Å². The molecular formula is C55H70F2N10O6. The highest BCUT2D eigenvalue weighted by Crippen LogP contribution is 2.49. The number of carbonyl (C=O) groups is 2. The van der Waals surface area contributed by atoms with Gasteiger partial charge in [-0.1, -0.05) is 46.4 Å². The number of imidazole rings is 2. The van der Waals surface area contributed by atoms with Crippen molar-refractivity contribution in [3.63, 3.8) is 0 Å². The molecule has 0 saturated carbocycles. The zero-order valence-corrected chi connectivity index (χ0v) is 42.9. The average molecular weight is 1010 g/mol. The third-order valence-corrected chi connectivity index (χ3v) is 15.9. The van der Waals surface area contributed by atoms with Gasteiger partial charge >= 0.3 is 6.09 Å². The minimum absolute atomic E-state index is 0.0101. The van der Waals surface area contributed by atoms with Crippen molar-refractivity contribution in [1.29, 1.82) is 0 Å². The first-order valence-corrected chi connectivity index (χ1v) is 26.0. The fourth-order valence-corrected chi connectivity index (χ4v) is 12.1. The second-order valence-corrected chi connectivity index (χ2v) is 21.0. The number of rotatable bonds is 15. The van der Waals surface area contributed by atoms with E-state index in [1.54, 1.807) is 4.90 Å². The van der Waals surface area contributed by atoms with Gasteiger partial charge in [-0.2, -0.15) is 0 Å². The molecule has 18 heteroatoms. The predicted octanol–water partition coefficient (Wildman–Crippen LogP) is 9.57. The summed E-state index contributed by atoms with van der Waals surface area (Å²) >= 11 is 0. The van der Waals surface area contributed by atoms with E-state index >= 15 is 8.78 Å². The first-order chi connectivity index (χ1) is 35.1. The summed E-state index contributed by atoms with van der Waals surface area (Å²) in [4.78, 5) is 51.9. The van der Waals surface area contributed by atoms with Crippen molar-refractivity contribution in [2.24, 2.45) is 11.8 Å². The number of ether oxygens (including phenoxy) is 4. The molecule has 2 aromatic heterocycles. The molecule has 0 bridgehead atoms. The van der Waals surface area contributed by atoms with Crippen LogP contribution in [-0.2, 0) is 23.7 Å². The normalized spacial score (nSPS) is 22.8. The van der Waals surface area contributed by atoms with Crippen LogP contribution in [0.3, 0.4) is 0 Å². The Labute approximate surface area is 425 Å². The maximum atomic E-state index is 16.7. The number of aromatic nitrogens is 4. The highest BCUT2D eigenvalue weighted by Gasteiger charge is 2.43. The van der Waals surface area contributed by atoms with Gasteiger partial charge in [0.15, 0.2) is 23.3 Å². The van der Waals surface area contributed by atoms with Gasteiger partial charge in [0.2, 0.25) is 5.91 Å². The summed E-state index contributed by atoms with van der Waals surface area (Å²) in [5, 5.41) is 6.13. The van der Waals surface area contributed by atoms with Gasteiger partial charge in [0, 0.05) is 50.4 Å². The minimum atomic E-state index is -0.681. The Morgan fingerprint density at radius 1 is 0.712 bits per heavy atom. The number of benzene rings is 3. The van der Waals surface area contributed by atoms with Crippen molar-refractivity contribution in [2.45, 2.75) is 121 Å². The molecule has 390 valence electrons. The van der Waals surface area contributed by atoms with E-state index in [2.05, 4.69) is 67.8 Å². The standard InChI is InChI=1S/C55H70F2N10O6/c1-31(2)48(63-54(69)71-8)33(5)65-21-9-11-46(65)51-59-40-15-13-35(27-42(40)61-51)44-17-18-45(67(44)37-29-38(56)50(39(57)30-37)64-23-19-55(20-24-64)72-25-26-73-55)36-14-16-41-43(28-36)62-52(60-41)47-12-10-22-66(47)53(68)49(32(3)4)58-34(6)70-7/h13-16,27-32,44-49,58H,5-6,9-12,17-26H2,1-4,7-8H3,(H,59,61)(H,60,62)(H,63,69)/t44?,45-,46+,47+,48+,49+/m1/s1. The van der Waals surface area contributed by atoms with Gasteiger partial charge in [0.25, 0.3) is 0 Å². The molecular weight excluding hydrogens is 935 g/mol. The van der Waals surface area contributed by atoms with Crippen LogP contribution in [0.2, 0.25) is 0 Å². The van der Waals surface area contributed by atoms with Crippen molar-refractivity contribution < 1.29 is 37.3 Å². The lowest BCUT2D eigenvalue weighted by atomic mass is 10.00. The molecule has 1 unspecified atom stereocenters. The summed E-state index contributed by atoms with van der Waals surface area (Å²) in [6.45, 7) is 19.7. The fraction of sp³-hybridized carbons (Fsp3) is 0.527. The molecule has 6 atom stereocenters. The number of hydrogen-bond donors (Lipinski definition) is 4. The summed E-state index contributed by atoms with van der Waals surface area (Å²) in [6, 6.07) is 13.7. The van der Waals surface area contributed by atoms with Crippen LogP contribution in [0.1, 0.15) is 126 Å². The monoisotopic (exact) mass is 1000 g/mol. The number of aromatic amines is 2. The second kappa shape index (κ2) is 20.5. The number of likely N-dealkylation sites (tertiary alicyclic amines) is 2. The number of H-pyrrole nitrogens is 2. The molecule has 4 N–H and O–H groups in total. The molecule has 16 nitrogen and oxygen atoms in total. The van der Waals surface area contributed by atoms with Crippen LogP contribution in [0.5, 0.6) is 0 Å². The fourth-order valence-electron chi connectivity index (χ4n) is 12.1. The lowest BCUT2D eigenvalue weighted by Crippen LogP contribution is -2.48. The predicted molar refractivity (Wildman–Crippen MR) is 275 cm³/mol. The van der Waals surface area contributed by atoms with Crippen LogP contribution < -0.4 is 20.4 Å². The number of anilines is 2. The largest absolute Gasteiger partial charge is 0.483 e. The van der Waals surface area contributed by atoms with Crippen LogP contribution in [-0.4, -0.2) is 113 Å². The molecule has 5 aliphatic rings. The van der Waals surface area contributed by atoms with E-state index in [0.717, 1.165) is 82.8 Å². The Bertz CT molecular complexity index is 2700. The number of piperidine rings is 1. The zero-order chi connectivity index (χ0) is 51.3. The first kappa shape index (κ1) is 50.1. The highest BCUT2D eigenvalue weighted by atomic mass is 19.1. The molecule has 2 amide bonds. The van der Waals surface area contributed by atoms with Crippen LogP contribution in [0.15, 0.2) is 73.3 Å². The Kier molecular flexibility index (Phi) is 14.1. The molecule has 0 radical (unpaired) electrons. The molecule has 7 heterocycles. The van der Waals surface area contributed by atoms with Crippen molar-refractivity contribution in [3.8, 4) is 0 Å². The third kappa shape index (κ3) is 9.68. The molecule has 0 aliphatic carbocycles. The lowest BCUT2D eigenvalue weighted by molar-refractivity contribution is -0.169. The molecule has 5 saturated heterocycles. The van der Waals surface area contributed by atoms with E-state index in [4.69, 9.17) is 28.9 Å². The third-order valence-electron chi connectivity index (χ3n) is 15.9. The molecule has 3 aromatic carbocycles. The van der Waals surface area contributed by atoms with Crippen LogP contribution in [0.4, 0.5) is 25.0 Å². The molecule has 5 aliphatic heterocycles. The van der Waals surface area contributed by atoms with E-state index in [0.29, 0.717) is 70.1 Å². The number of fused-ring (bicyclic) bond motifs is 2. The molecule has 5 aromatic rings. The Balaban J connectivity index is 0.966. The molecule has 73 heavy (non-hydrogen) atoms. The van der Waals surface area contributed by atoms with Crippen LogP contribution in [0, 0.1) is 23.5 Å². The summed E-state index contributed by atoms with van der Waals surface area (Å²) < 4.78 is 55.5. The topological polar surface area (TPSA) is 165 Å². The summed E-state index contributed by atoms with van der Waals surface area (Å²) in [6.07, 6.45) is 5.37. The number of alkyl carbamates (subject to hydrolysis) is 1. The molecule has 10 rings (SSSR count). The number of amides is 2. The minimum Gasteiger partial charge on any atom is -0.483 e. The SMILES string of the molecule is C=C(N[C@H](C(=O)N1CCC[C@H]1c1nc2ccc([C@H]3CCC(c4ccc5nc([C@@H]6CCCN6C(=C)[C@@H](NC(=O)OC)C(C)C)[nH]c5c4)N3c3cc(F)c(N4CCC5(CC4)OCCO5)c(F)c3)cc2[nH]1)C(C)C)OC. The van der Waals surface area contributed by atoms with Crippen molar-refractivity contribution in [2.75, 3.05) is 63.4 Å². The number of hydrogen-bond acceptors (Lipinski definition) is 12. The first-order valence-electron chi connectivity index (χ1n) is 26.0. The maximum absolute atomic E-state index is 16.7. The van der Waals surface area contributed by atoms with Crippen LogP contribution in [0.25, 0.3) is 22.1 Å². The maximum Gasteiger partial charge on any atom is 0.407 e. The Morgan fingerprint density at radius 3 is 1.77 bits per heavy atom. The summed E-state index contributed by atoms with van der Waals surface area (Å²) in [5.74, 6) is -0.00887. The average Bonchev–Trinajstić information content (AvgIpc) is 4.25. The van der Waals surface area contributed by atoms with Gasteiger partial charge in [-0.25, -0.2) is 23.5 Å². The van der Waals surface area contributed by atoms with Gasteiger partial charge in [-0.05, 0) is 104 Å². The van der Waals surface area contributed by atoms with Gasteiger partial charge < -0.3 is 59.1 Å². The quantitative estimate of drug-likeness (QED) is 0.0736. The zero-order valence-electron chi connectivity index (χ0n) is 42.9. The summed E-state index contributed by atoms with van der Waals surface area (Å²) in [5.41, 5.74) is 6.44. The Hall–Kier alpha value is -6.40. The number of methoxy groups -OCH3 is 2. The smallest absolute Gasteiger partial charge is 0.407 e. The Morgan fingerprint density at radius 2 is 1.25 bits per heavy atom. The van der Waals surface area contributed by atoms with Crippen molar-refractivity contribution in [1.82, 2.24) is 40.4 Å². The van der Waals surface area contributed by atoms with Gasteiger partial charge in [-0.15, -0.1) is 0 Å². The summed E-state index contributed by atoms with van der Waals surface area (Å²) in [7, 11) is 2.89. The molecule has 5 fully saturated rings. The van der Waals surface area contributed by atoms with E-state index in [1.165, 1.54) is 26.4 Å². The second-order valence-electron chi connectivity index (χ2n) is 21.0. The van der Waals surface area contributed by atoms with E-state index in [-0.39, 0.29) is 53.6 Å². The van der Waals surface area contributed by atoms with Crippen LogP contribution >= 0.6 is 0 Å². The molecule has 1 spiro atoms. The van der Waals surface area contributed by atoms with Crippen molar-refractivity contribution >= 4 is 45.4 Å². The number of nitrogens with one attached hydrogen (secondary N) is 4. The van der Waals surface area contributed by atoms with Gasteiger partial charge in [0.1, 0.15) is 23.4 Å². The van der Waals surface area contributed by atoms with Crippen molar-refractivity contribution in [3.05, 3.63) is 108 Å². The van der Waals surface area contributed by atoms with Gasteiger partial charge in [0.05, 0.1) is 79.7 Å². The highest BCUT2D eigenvalue weighted by molar-refractivity contribution is 5.83. The number of nitrogens with zero attached hydrogens (tertiary/aromatic N) is 6. The number of carbonyl (C=O) groups excluding carboxylic acids is 2. The number of halogens is 2. The lowest BCUT2D eigenvalue weighted by Gasteiger charge is -2.39. The van der Waals surface area contributed by atoms with E-state index in [9.17, 15) is 9.59 Å². The van der Waals surface area contributed by atoms with E-state index in [1.807, 2.05) is 44.7 Å².